The van der Waals surface area contributed by atoms with Gasteiger partial charge >= 0.3 is 5.69 Å². The molecule has 0 aliphatic heterocycles. The number of fused-ring (bicyclic) bond motifs is 1. The summed E-state index contributed by atoms with van der Waals surface area (Å²) in [5.74, 6) is 0.398. The molecule has 9 heteroatoms. The van der Waals surface area contributed by atoms with Gasteiger partial charge in [-0.05, 0) is 23.6 Å². The number of nitrogens with zero attached hydrogens (tertiary/aromatic N) is 4. The standard InChI is InChI=1S/C19H23N5O3S/c1-11(2)12-6-8-13(9-7-12)20-14(25)10-28-18-21-15-16(22(18)3)23(4)19(27)24(5)17(15)26/h6-9,11H,10H2,1-5H3,(H,20,25). The lowest BCUT2D eigenvalue weighted by molar-refractivity contribution is -0.113. The SMILES string of the molecule is CC(C)c1ccc(NC(=O)CSc2nc3c(=O)n(C)c(=O)n(C)c3n2C)cc1. The Balaban J connectivity index is 1.76. The van der Waals surface area contributed by atoms with E-state index in [0.717, 1.165) is 10.3 Å². The molecule has 0 unspecified atom stereocenters. The van der Waals surface area contributed by atoms with Crippen molar-refractivity contribution < 1.29 is 4.79 Å². The number of rotatable bonds is 5. The molecule has 0 saturated carbocycles. The fraction of sp³-hybridized carbons (Fsp3) is 0.368. The van der Waals surface area contributed by atoms with Crippen LogP contribution >= 0.6 is 11.8 Å². The van der Waals surface area contributed by atoms with Gasteiger partial charge in [0.25, 0.3) is 5.56 Å². The number of carbonyl (C=O) groups excluding carboxylic acids is 1. The summed E-state index contributed by atoms with van der Waals surface area (Å²) in [5.41, 5.74) is 1.71. The fourth-order valence-electron chi connectivity index (χ4n) is 2.97. The number of thioether (sulfide) groups is 1. The van der Waals surface area contributed by atoms with Crippen LogP contribution in [0.5, 0.6) is 0 Å². The molecular weight excluding hydrogens is 378 g/mol. The van der Waals surface area contributed by atoms with E-state index in [1.54, 1.807) is 18.7 Å². The van der Waals surface area contributed by atoms with Gasteiger partial charge in [-0.25, -0.2) is 9.78 Å². The zero-order valence-corrected chi connectivity index (χ0v) is 17.3. The molecule has 148 valence electrons. The third kappa shape index (κ3) is 3.62. The van der Waals surface area contributed by atoms with Gasteiger partial charge in [-0.3, -0.25) is 18.7 Å². The third-order valence-electron chi connectivity index (χ3n) is 4.62. The van der Waals surface area contributed by atoms with Crippen molar-refractivity contribution in [2.45, 2.75) is 24.9 Å². The Bertz CT molecular complexity index is 1160. The number of benzene rings is 1. The van der Waals surface area contributed by atoms with Crippen molar-refractivity contribution in [1.82, 2.24) is 18.7 Å². The summed E-state index contributed by atoms with van der Waals surface area (Å²) >= 11 is 1.21. The number of carbonyl (C=O) groups is 1. The summed E-state index contributed by atoms with van der Waals surface area (Å²) in [6.45, 7) is 4.23. The normalized spacial score (nSPS) is 11.4. The van der Waals surface area contributed by atoms with Gasteiger partial charge in [-0.2, -0.15) is 0 Å². The van der Waals surface area contributed by atoms with E-state index in [1.807, 2.05) is 24.3 Å². The highest BCUT2D eigenvalue weighted by Gasteiger charge is 2.18. The number of imidazole rings is 1. The van der Waals surface area contributed by atoms with E-state index in [0.29, 0.717) is 16.7 Å². The second-order valence-electron chi connectivity index (χ2n) is 6.94. The molecule has 0 spiro atoms. The molecule has 2 heterocycles. The molecule has 0 aliphatic carbocycles. The van der Waals surface area contributed by atoms with E-state index in [-0.39, 0.29) is 17.2 Å². The largest absolute Gasteiger partial charge is 0.332 e. The van der Waals surface area contributed by atoms with Crippen molar-refractivity contribution >= 4 is 34.5 Å². The van der Waals surface area contributed by atoms with E-state index in [9.17, 15) is 14.4 Å². The Kier molecular flexibility index (Phi) is 5.46. The van der Waals surface area contributed by atoms with Gasteiger partial charge < -0.3 is 9.88 Å². The predicted octanol–water partition coefficient (Wildman–Crippen LogP) is 1.82. The molecule has 3 aromatic rings. The Morgan fingerprint density at radius 3 is 2.32 bits per heavy atom. The maximum atomic E-state index is 12.3. The summed E-state index contributed by atoms with van der Waals surface area (Å²) in [7, 11) is 4.73. The van der Waals surface area contributed by atoms with Crippen molar-refractivity contribution in [1.29, 1.82) is 0 Å². The average molecular weight is 401 g/mol. The highest BCUT2D eigenvalue weighted by molar-refractivity contribution is 7.99. The van der Waals surface area contributed by atoms with Crippen molar-refractivity contribution in [3.63, 3.8) is 0 Å². The van der Waals surface area contributed by atoms with Crippen molar-refractivity contribution in [3.8, 4) is 0 Å². The minimum Gasteiger partial charge on any atom is -0.325 e. The highest BCUT2D eigenvalue weighted by Crippen LogP contribution is 2.21. The van der Waals surface area contributed by atoms with Crippen LogP contribution in [0.25, 0.3) is 11.2 Å². The maximum absolute atomic E-state index is 12.3. The molecule has 3 rings (SSSR count). The van der Waals surface area contributed by atoms with Crippen LogP contribution in [0.2, 0.25) is 0 Å². The molecule has 0 fully saturated rings. The summed E-state index contributed by atoms with van der Waals surface area (Å²) in [5, 5.41) is 3.35. The Hall–Kier alpha value is -2.81. The minimum absolute atomic E-state index is 0.136. The Labute approximate surface area is 166 Å². The molecule has 0 bridgehead atoms. The predicted molar refractivity (Wildman–Crippen MR) is 111 cm³/mol. The van der Waals surface area contributed by atoms with Crippen LogP contribution in [0.4, 0.5) is 5.69 Å². The lowest BCUT2D eigenvalue weighted by Gasteiger charge is -2.08. The molecule has 0 atom stereocenters. The van der Waals surface area contributed by atoms with Crippen LogP contribution in [0.15, 0.2) is 39.0 Å². The first-order chi connectivity index (χ1) is 13.2. The first kappa shape index (κ1) is 19.9. The summed E-state index contributed by atoms with van der Waals surface area (Å²) in [6, 6.07) is 7.75. The molecule has 0 aliphatic rings. The second-order valence-corrected chi connectivity index (χ2v) is 7.89. The third-order valence-corrected chi connectivity index (χ3v) is 5.65. The van der Waals surface area contributed by atoms with Gasteiger partial charge in [0.2, 0.25) is 5.91 Å². The number of amides is 1. The maximum Gasteiger partial charge on any atom is 0.332 e. The van der Waals surface area contributed by atoms with Gasteiger partial charge in [-0.1, -0.05) is 37.7 Å². The van der Waals surface area contributed by atoms with Gasteiger partial charge in [0.15, 0.2) is 16.3 Å². The summed E-state index contributed by atoms with van der Waals surface area (Å²) in [4.78, 5) is 41.0. The van der Waals surface area contributed by atoms with Crippen molar-refractivity contribution in [2.75, 3.05) is 11.1 Å². The Morgan fingerprint density at radius 2 is 1.71 bits per heavy atom. The van der Waals surface area contributed by atoms with Gasteiger partial charge in [0.1, 0.15) is 0 Å². The van der Waals surface area contributed by atoms with Gasteiger partial charge in [0, 0.05) is 26.8 Å². The monoisotopic (exact) mass is 401 g/mol. The van der Waals surface area contributed by atoms with Crippen LogP contribution < -0.4 is 16.6 Å². The molecule has 1 amide bonds. The first-order valence-corrected chi connectivity index (χ1v) is 9.84. The smallest absolute Gasteiger partial charge is 0.325 e. The molecule has 1 aromatic carbocycles. The average Bonchev–Trinajstić information content (AvgIpc) is 3.00. The number of nitrogens with one attached hydrogen (secondary N) is 1. The number of hydrogen-bond donors (Lipinski definition) is 1. The van der Waals surface area contributed by atoms with E-state index in [1.165, 1.54) is 28.9 Å². The quantitative estimate of drug-likeness (QED) is 0.659. The fourth-order valence-corrected chi connectivity index (χ4v) is 3.73. The molecule has 28 heavy (non-hydrogen) atoms. The molecule has 1 N–H and O–H groups in total. The van der Waals surface area contributed by atoms with Crippen molar-refractivity contribution in [2.24, 2.45) is 21.1 Å². The number of hydrogen-bond acceptors (Lipinski definition) is 5. The zero-order chi connectivity index (χ0) is 20.6. The van der Waals surface area contributed by atoms with E-state index in [2.05, 4.69) is 24.1 Å². The summed E-state index contributed by atoms with van der Waals surface area (Å²) < 4.78 is 4.06. The van der Waals surface area contributed by atoms with Crippen LogP contribution in [0.1, 0.15) is 25.3 Å². The van der Waals surface area contributed by atoms with Crippen LogP contribution in [-0.2, 0) is 25.9 Å². The highest BCUT2D eigenvalue weighted by atomic mass is 32.2. The van der Waals surface area contributed by atoms with Crippen LogP contribution in [-0.4, -0.2) is 30.3 Å². The molecule has 8 nitrogen and oxygen atoms in total. The molecular formula is C19H23N5O3S. The molecule has 0 saturated heterocycles. The lowest BCUT2D eigenvalue weighted by atomic mass is 10.0. The summed E-state index contributed by atoms with van der Waals surface area (Å²) in [6.07, 6.45) is 0. The van der Waals surface area contributed by atoms with Gasteiger partial charge in [-0.15, -0.1) is 0 Å². The van der Waals surface area contributed by atoms with Crippen LogP contribution in [0.3, 0.4) is 0 Å². The minimum atomic E-state index is -0.449. The van der Waals surface area contributed by atoms with E-state index >= 15 is 0 Å². The first-order valence-electron chi connectivity index (χ1n) is 8.85. The Morgan fingerprint density at radius 1 is 1.07 bits per heavy atom. The number of anilines is 1. The lowest BCUT2D eigenvalue weighted by Crippen LogP contribution is -2.37. The number of aromatic nitrogens is 4. The van der Waals surface area contributed by atoms with Crippen molar-refractivity contribution in [3.05, 3.63) is 50.7 Å². The number of aryl methyl sites for hydroxylation is 2. The van der Waals surface area contributed by atoms with Crippen LogP contribution in [0, 0.1) is 0 Å². The van der Waals surface area contributed by atoms with Gasteiger partial charge in [0.05, 0.1) is 5.75 Å². The second kappa shape index (κ2) is 7.67. The zero-order valence-electron chi connectivity index (χ0n) is 16.5. The van der Waals surface area contributed by atoms with E-state index < -0.39 is 11.2 Å². The topological polar surface area (TPSA) is 90.9 Å². The van der Waals surface area contributed by atoms with E-state index in [4.69, 9.17) is 0 Å². The molecule has 0 radical (unpaired) electrons. The molecule has 2 aromatic heterocycles.